The first-order valence-electron chi connectivity index (χ1n) is 5.72. The lowest BCUT2D eigenvalue weighted by molar-refractivity contribution is -0.274. The molecule has 0 aliphatic carbocycles. The van der Waals surface area contributed by atoms with Gasteiger partial charge >= 0.3 is 12.4 Å². The molecule has 20 heavy (non-hydrogen) atoms. The Morgan fingerprint density at radius 2 is 1.75 bits per heavy atom. The number of anilines is 1. The van der Waals surface area contributed by atoms with Gasteiger partial charge in [-0.25, -0.2) is 9.69 Å². The quantitative estimate of drug-likeness (QED) is 0.839. The Morgan fingerprint density at radius 3 is 2.30 bits per heavy atom. The number of carbonyl (C=O) groups is 2. The molecular weight excluding hydrogens is 277 g/mol. The van der Waals surface area contributed by atoms with Gasteiger partial charge in [0, 0.05) is 20.0 Å². The Morgan fingerprint density at radius 1 is 1.15 bits per heavy atom. The van der Waals surface area contributed by atoms with Gasteiger partial charge < -0.3 is 9.64 Å². The van der Waals surface area contributed by atoms with E-state index in [-0.39, 0.29) is 12.1 Å². The number of ether oxygens (including phenoxy) is 1. The third-order valence-corrected chi connectivity index (χ3v) is 2.76. The van der Waals surface area contributed by atoms with Crippen molar-refractivity contribution in [2.75, 3.05) is 18.5 Å². The molecule has 0 bridgehead atoms. The van der Waals surface area contributed by atoms with E-state index in [4.69, 9.17) is 0 Å². The molecule has 0 atom stereocenters. The van der Waals surface area contributed by atoms with Gasteiger partial charge in [-0.2, -0.15) is 0 Å². The number of urea groups is 1. The Kier molecular flexibility index (Phi) is 3.56. The molecule has 8 heteroatoms. The number of amides is 3. The number of carbonyl (C=O) groups excluding carboxylic acids is 2. The van der Waals surface area contributed by atoms with Crippen LogP contribution < -0.4 is 9.64 Å². The molecule has 1 aromatic carbocycles. The second kappa shape index (κ2) is 5.03. The van der Waals surface area contributed by atoms with Crippen molar-refractivity contribution in [2.45, 2.75) is 12.8 Å². The number of hydrogen-bond donors (Lipinski definition) is 0. The minimum absolute atomic E-state index is 0.170. The summed E-state index contributed by atoms with van der Waals surface area (Å²) in [7, 11) is 1.54. The van der Waals surface area contributed by atoms with Gasteiger partial charge in [-0.1, -0.05) is 0 Å². The highest BCUT2D eigenvalue weighted by Gasteiger charge is 2.33. The first kappa shape index (κ1) is 14.2. The standard InChI is InChI=1S/C12H11F3N2O3/c1-16-7-6-10(18)17(11(16)19)8-2-4-9(5-3-8)20-12(13,14)15/h2-5H,6-7H2,1H3. The fourth-order valence-electron chi connectivity index (χ4n) is 1.80. The maximum atomic E-state index is 12.0. The Labute approximate surface area is 112 Å². The fourth-order valence-corrected chi connectivity index (χ4v) is 1.80. The highest BCUT2D eigenvalue weighted by Crippen LogP contribution is 2.27. The normalized spacial score (nSPS) is 16.6. The SMILES string of the molecule is CN1CCC(=O)N(c2ccc(OC(F)(F)F)cc2)C1=O. The monoisotopic (exact) mass is 288 g/mol. The van der Waals surface area contributed by atoms with Gasteiger partial charge in [0.15, 0.2) is 0 Å². The highest BCUT2D eigenvalue weighted by atomic mass is 19.4. The average molecular weight is 288 g/mol. The maximum absolute atomic E-state index is 12.0. The molecule has 0 aromatic heterocycles. The van der Waals surface area contributed by atoms with Gasteiger partial charge in [0.05, 0.1) is 5.69 Å². The Hall–Kier alpha value is -2.25. The summed E-state index contributed by atoms with van der Waals surface area (Å²) in [5, 5.41) is 0. The summed E-state index contributed by atoms with van der Waals surface area (Å²) in [6.07, 6.45) is -4.61. The number of imide groups is 1. The molecule has 2 rings (SSSR count). The van der Waals surface area contributed by atoms with Gasteiger partial charge in [-0.15, -0.1) is 13.2 Å². The van der Waals surface area contributed by atoms with Crippen LogP contribution in [0.1, 0.15) is 6.42 Å². The molecule has 1 aliphatic heterocycles. The summed E-state index contributed by atoms with van der Waals surface area (Å²) in [5.74, 6) is -0.802. The molecular formula is C12H11F3N2O3. The van der Waals surface area contributed by atoms with E-state index in [0.29, 0.717) is 6.54 Å². The van der Waals surface area contributed by atoms with Crippen LogP contribution in [0.3, 0.4) is 0 Å². The number of halogens is 3. The lowest BCUT2D eigenvalue weighted by Crippen LogP contribution is -2.50. The summed E-state index contributed by atoms with van der Waals surface area (Å²) in [5.41, 5.74) is 0.209. The van der Waals surface area contributed by atoms with Crippen LogP contribution in [0.5, 0.6) is 5.75 Å². The lowest BCUT2D eigenvalue weighted by Gasteiger charge is -2.31. The molecule has 1 heterocycles. The van der Waals surface area contributed by atoms with Crippen molar-refractivity contribution in [3.63, 3.8) is 0 Å². The number of nitrogens with zero attached hydrogens (tertiary/aromatic N) is 2. The van der Waals surface area contributed by atoms with Gasteiger partial charge in [0.2, 0.25) is 5.91 Å². The zero-order chi connectivity index (χ0) is 14.9. The van der Waals surface area contributed by atoms with Crippen LogP contribution in [0.15, 0.2) is 24.3 Å². The molecule has 0 radical (unpaired) electrons. The van der Waals surface area contributed by atoms with Gasteiger partial charge in [-0.05, 0) is 24.3 Å². The summed E-state index contributed by atoms with van der Waals surface area (Å²) in [6.45, 7) is 0.323. The van der Waals surface area contributed by atoms with Crippen LogP contribution >= 0.6 is 0 Å². The molecule has 5 nitrogen and oxygen atoms in total. The van der Waals surface area contributed by atoms with Gasteiger partial charge in [-0.3, -0.25) is 4.79 Å². The smallest absolute Gasteiger partial charge is 0.406 e. The Bertz CT molecular complexity index is 528. The largest absolute Gasteiger partial charge is 0.573 e. The van der Waals surface area contributed by atoms with Crippen molar-refractivity contribution >= 4 is 17.6 Å². The molecule has 1 aliphatic rings. The van der Waals surface area contributed by atoms with E-state index in [0.717, 1.165) is 17.0 Å². The van der Waals surface area contributed by atoms with Crippen LogP contribution in [0.25, 0.3) is 0 Å². The average Bonchev–Trinajstić information content (AvgIpc) is 2.35. The van der Waals surface area contributed by atoms with Crippen molar-refractivity contribution in [3.05, 3.63) is 24.3 Å². The van der Waals surface area contributed by atoms with Crippen molar-refractivity contribution in [2.24, 2.45) is 0 Å². The first-order chi connectivity index (χ1) is 9.28. The van der Waals surface area contributed by atoms with E-state index in [2.05, 4.69) is 4.74 Å². The summed E-state index contributed by atoms with van der Waals surface area (Å²) in [6, 6.07) is 4.06. The second-order valence-electron chi connectivity index (χ2n) is 4.22. The third-order valence-electron chi connectivity index (χ3n) is 2.76. The minimum atomic E-state index is -4.78. The predicted molar refractivity (Wildman–Crippen MR) is 63.3 cm³/mol. The molecule has 0 spiro atoms. The molecule has 1 saturated heterocycles. The van der Waals surface area contributed by atoms with Crippen molar-refractivity contribution < 1.29 is 27.5 Å². The van der Waals surface area contributed by atoms with E-state index in [1.54, 1.807) is 7.05 Å². The lowest BCUT2D eigenvalue weighted by atomic mass is 10.2. The molecule has 1 fully saturated rings. The van der Waals surface area contributed by atoms with E-state index < -0.39 is 24.1 Å². The van der Waals surface area contributed by atoms with E-state index in [1.807, 2.05) is 0 Å². The third kappa shape index (κ3) is 3.01. The maximum Gasteiger partial charge on any atom is 0.573 e. The Balaban J connectivity index is 2.20. The first-order valence-corrected chi connectivity index (χ1v) is 5.72. The van der Waals surface area contributed by atoms with Crippen LogP contribution in [0.4, 0.5) is 23.7 Å². The number of alkyl halides is 3. The summed E-state index contributed by atoms with van der Waals surface area (Å²) < 4.78 is 39.8. The number of benzene rings is 1. The second-order valence-corrected chi connectivity index (χ2v) is 4.22. The van der Waals surface area contributed by atoms with Crippen molar-refractivity contribution in [1.29, 1.82) is 0 Å². The fraction of sp³-hybridized carbons (Fsp3) is 0.333. The van der Waals surface area contributed by atoms with E-state index in [1.165, 1.54) is 17.0 Å². The zero-order valence-electron chi connectivity index (χ0n) is 10.5. The van der Waals surface area contributed by atoms with E-state index in [9.17, 15) is 22.8 Å². The predicted octanol–water partition coefficient (Wildman–Crippen LogP) is 2.37. The van der Waals surface area contributed by atoms with Crippen LogP contribution in [-0.2, 0) is 4.79 Å². The molecule has 3 amide bonds. The topological polar surface area (TPSA) is 49.9 Å². The number of hydrogen-bond acceptors (Lipinski definition) is 3. The van der Waals surface area contributed by atoms with Crippen LogP contribution in [-0.4, -0.2) is 36.8 Å². The summed E-state index contributed by atoms with van der Waals surface area (Å²) >= 11 is 0. The minimum Gasteiger partial charge on any atom is -0.406 e. The molecule has 0 unspecified atom stereocenters. The van der Waals surface area contributed by atoms with E-state index >= 15 is 0 Å². The van der Waals surface area contributed by atoms with Gasteiger partial charge in [0.25, 0.3) is 0 Å². The molecule has 0 N–H and O–H groups in total. The highest BCUT2D eigenvalue weighted by molar-refractivity contribution is 6.15. The summed E-state index contributed by atoms with van der Waals surface area (Å²) in [4.78, 5) is 25.9. The molecule has 108 valence electrons. The van der Waals surface area contributed by atoms with Crippen LogP contribution in [0, 0.1) is 0 Å². The number of rotatable bonds is 2. The van der Waals surface area contributed by atoms with Crippen molar-refractivity contribution in [1.82, 2.24) is 4.90 Å². The molecule has 0 saturated carbocycles. The zero-order valence-corrected chi connectivity index (χ0v) is 10.5. The van der Waals surface area contributed by atoms with Crippen molar-refractivity contribution in [3.8, 4) is 5.75 Å². The molecule has 1 aromatic rings. The van der Waals surface area contributed by atoms with Crippen LogP contribution in [0.2, 0.25) is 0 Å². The van der Waals surface area contributed by atoms with Gasteiger partial charge in [0.1, 0.15) is 5.75 Å².